The van der Waals surface area contributed by atoms with E-state index in [1.165, 1.54) is 17.2 Å². The molecule has 2 aromatic rings. The van der Waals surface area contributed by atoms with Crippen molar-refractivity contribution in [3.8, 4) is 0 Å². The largest absolute Gasteiger partial charge is 0.310 e. The maximum atomic E-state index is 13.4. The molecule has 2 aromatic carbocycles. The van der Waals surface area contributed by atoms with Crippen molar-refractivity contribution in [1.82, 2.24) is 5.32 Å². The summed E-state index contributed by atoms with van der Waals surface area (Å²) in [5, 5.41) is 3.56. The van der Waals surface area contributed by atoms with Crippen LogP contribution in [0.15, 0.2) is 46.9 Å². The molecule has 0 aliphatic carbocycles. The van der Waals surface area contributed by atoms with Gasteiger partial charge in [0.25, 0.3) is 0 Å². The average Bonchev–Trinajstić information content (AvgIpc) is 2.46. The quantitative estimate of drug-likeness (QED) is 0.757. The van der Waals surface area contributed by atoms with Gasteiger partial charge in [-0.2, -0.15) is 0 Å². The standard InChI is InChI=1S/C18H21BrFN/c1-3-9-21-18(11-14-6-4-5-13(2)10-14)15-7-8-17(20)16(19)12-15/h4-8,10,12,18,21H,3,9,11H2,1-2H3. The van der Waals surface area contributed by atoms with E-state index in [1.54, 1.807) is 0 Å². The van der Waals surface area contributed by atoms with Crippen LogP contribution in [0.25, 0.3) is 0 Å². The van der Waals surface area contributed by atoms with Crippen LogP contribution in [0, 0.1) is 12.7 Å². The van der Waals surface area contributed by atoms with Crippen molar-refractivity contribution in [3.05, 3.63) is 69.4 Å². The molecular weight excluding hydrogens is 329 g/mol. The molecule has 0 saturated carbocycles. The Hall–Kier alpha value is -1.19. The Balaban J connectivity index is 2.22. The molecule has 0 fully saturated rings. The molecule has 0 spiro atoms. The molecule has 112 valence electrons. The Bertz CT molecular complexity index is 598. The zero-order chi connectivity index (χ0) is 15.2. The highest BCUT2D eigenvalue weighted by atomic mass is 79.9. The van der Waals surface area contributed by atoms with E-state index in [2.05, 4.69) is 59.4 Å². The number of rotatable bonds is 6. The van der Waals surface area contributed by atoms with E-state index >= 15 is 0 Å². The highest BCUT2D eigenvalue weighted by Crippen LogP contribution is 2.24. The molecule has 0 radical (unpaired) electrons. The molecule has 0 amide bonds. The first-order chi connectivity index (χ1) is 10.1. The van der Waals surface area contributed by atoms with Crippen LogP contribution in [-0.2, 0) is 6.42 Å². The molecule has 1 unspecified atom stereocenters. The molecule has 0 aliphatic heterocycles. The fourth-order valence-corrected chi connectivity index (χ4v) is 2.83. The Morgan fingerprint density at radius 2 is 2.00 bits per heavy atom. The van der Waals surface area contributed by atoms with Gasteiger partial charge in [0.05, 0.1) is 4.47 Å². The lowest BCUT2D eigenvalue weighted by Crippen LogP contribution is -2.24. The first-order valence-electron chi connectivity index (χ1n) is 7.34. The minimum atomic E-state index is -0.219. The Kier molecular flexibility index (Phi) is 5.95. The third kappa shape index (κ3) is 4.65. The normalized spacial score (nSPS) is 12.4. The van der Waals surface area contributed by atoms with Crippen molar-refractivity contribution in [2.75, 3.05) is 6.54 Å². The second-order valence-electron chi connectivity index (χ2n) is 5.37. The summed E-state index contributed by atoms with van der Waals surface area (Å²) in [7, 11) is 0. The van der Waals surface area contributed by atoms with Crippen molar-refractivity contribution < 1.29 is 4.39 Å². The summed E-state index contributed by atoms with van der Waals surface area (Å²) in [5.41, 5.74) is 3.67. The molecule has 1 atom stereocenters. The second-order valence-corrected chi connectivity index (χ2v) is 6.23. The monoisotopic (exact) mass is 349 g/mol. The molecule has 0 heterocycles. The van der Waals surface area contributed by atoms with Gasteiger partial charge in [0, 0.05) is 6.04 Å². The Morgan fingerprint density at radius 3 is 2.67 bits per heavy atom. The van der Waals surface area contributed by atoms with Gasteiger partial charge < -0.3 is 5.32 Å². The predicted molar refractivity (Wildman–Crippen MR) is 90.0 cm³/mol. The van der Waals surface area contributed by atoms with Gasteiger partial charge in [0.15, 0.2) is 0 Å². The molecule has 0 aromatic heterocycles. The lowest BCUT2D eigenvalue weighted by Gasteiger charge is -2.20. The van der Waals surface area contributed by atoms with Crippen molar-refractivity contribution in [3.63, 3.8) is 0 Å². The van der Waals surface area contributed by atoms with Gasteiger partial charge in [-0.25, -0.2) is 4.39 Å². The zero-order valence-electron chi connectivity index (χ0n) is 12.5. The summed E-state index contributed by atoms with van der Waals surface area (Å²) in [6.07, 6.45) is 1.98. The van der Waals surface area contributed by atoms with E-state index in [9.17, 15) is 4.39 Å². The van der Waals surface area contributed by atoms with Crippen molar-refractivity contribution in [1.29, 1.82) is 0 Å². The number of benzene rings is 2. The number of hydrogen-bond acceptors (Lipinski definition) is 1. The van der Waals surface area contributed by atoms with Gasteiger partial charge in [-0.15, -0.1) is 0 Å². The molecule has 1 nitrogen and oxygen atoms in total. The third-order valence-electron chi connectivity index (χ3n) is 3.51. The summed E-state index contributed by atoms with van der Waals surface area (Å²) < 4.78 is 13.9. The van der Waals surface area contributed by atoms with E-state index in [-0.39, 0.29) is 11.9 Å². The van der Waals surface area contributed by atoms with Crippen LogP contribution in [0.1, 0.15) is 36.1 Å². The highest BCUT2D eigenvalue weighted by Gasteiger charge is 2.13. The van der Waals surface area contributed by atoms with E-state index in [0.717, 1.165) is 24.9 Å². The molecule has 21 heavy (non-hydrogen) atoms. The van der Waals surface area contributed by atoms with Gasteiger partial charge >= 0.3 is 0 Å². The highest BCUT2D eigenvalue weighted by molar-refractivity contribution is 9.10. The maximum absolute atomic E-state index is 13.4. The Morgan fingerprint density at radius 1 is 1.19 bits per heavy atom. The minimum Gasteiger partial charge on any atom is -0.310 e. The van der Waals surface area contributed by atoms with E-state index in [0.29, 0.717) is 4.47 Å². The zero-order valence-corrected chi connectivity index (χ0v) is 14.1. The van der Waals surface area contributed by atoms with Gasteiger partial charge in [-0.1, -0.05) is 42.8 Å². The predicted octanol–water partition coefficient (Wildman–Crippen LogP) is 5.18. The van der Waals surface area contributed by atoms with Gasteiger partial charge in [0.1, 0.15) is 5.82 Å². The number of hydrogen-bond donors (Lipinski definition) is 1. The summed E-state index contributed by atoms with van der Waals surface area (Å²) in [6.45, 7) is 5.20. The summed E-state index contributed by atoms with van der Waals surface area (Å²) in [4.78, 5) is 0. The minimum absolute atomic E-state index is 0.198. The number of nitrogens with one attached hydrogen (secondary N) is 1. The molecule has 0 bridgehead atoms. The van der Waals surface area contributed by atoms with Crippen LogP contribution in [-0.4, -0.2) is 6.54 Å². The van der Waals surface area contributed by atoms with Crippen LogP contribution in [0.5, 0.6) is 0 Å². The number of halogens is 2. The number of aryl methyl sites for hydroxylation is 1. The van der Waals surface area contributed by atoms with Crippen LogP contribution < -0.4 is 5.32 Å². The molecule has 0 aliphatic rings. The molecule has 3 heteroatoms. The second kappa shape index (κ2) is 7.71. The summed E-state index contributed by atoms with van der Waals surface area (Å²) in [6, 6.07) is 14.0. The lowest BCUT2D eigenvalue weighted by molar-refractivity contribution is 0.527. The fourth-order valence-electron chi connectivity index (χ4n) is 2.43. The van der Waals surface area contributed by atoms with E-state index in [4.69, 9.17) is 0 Å². The van der Waals surface area contributed by atoms with Gasteiger partial charge in [-0.05, 0) is 65.5 Å². The van der Waals surface area contributed by atoms with Crippen molar-refractivity contribution in [2.24, 2.45) is 0 Å². The van der Waals surface area contributed by atoms with E-state index < -0.39 is 0 Å². The fraction of sp³-hybridized carbons (Fsp3) is 0.333. The van der Waals surface area contributed by atoms with Gasteiger partial charge in [0.2, 0.25) is 0 Å². The van der Waals surface area contributed by atoms with Crippen LogP contribution in [0.3, 0.4) is 0 Å². The third-order valence-corrected chi connectivity index (χ3v) is 4.12. The lowest BCUT2D eigenvalue weighted by atomic mass is 9.97. The van der Waals surface area contributed by atoms with Gasteiger partial charge in [-0.3, -0.25) is 0 Å². The maximum Gasteiger partial charge on any atom is 0.137 e. The Labute approximate surface area is 134 Å². The molecule has 1 N–H and O–H groups in total. The van der Waals surface area contributed by atoms with Crippen LogP contribution in [0.4, 0.5) is 4.39 Å². The van der Waals surface area contributed by atoms with Crippen LogP contribution in [0.2, 0.25) is 0 Å². The van der Waals surface area contributed by atoms with Crippen LogP contribution >= 0.6 is 15.9 Å². The summed E-state index contributed by atoms with van der Waals surface area (Å²) in [5.74, 6) is -0.219. The van der Waals surface area contributed by atoms with Crippen molar-refractivity contribution in [2.45, 2.75) is 32.7 Å². The average molecular weight is 350 g/mol. The topological polar surface area (TPSA) is 12.0 Å². The first kappa shape index (κ1) is 16.2. The first-order valence-corrected chi connectivity index (χ1v) is 8.13. The summed E-state index contributed by atoms with van der Waals surface area (Å²) >= 11 is 3.28. The molecule has 2 rings (SSSR count). The smallest absolute Gasteiger partial charge is 0.137 e. The van der Waals surface area contributed by atoms with Crippen molar-refractivity contribution >= 4 is 15.9 Å². The SMILES string of the molecule is CCCNC(Cc1cccc(C)c1)c1ccc(F)c(Br)c1. The molecular formula is C18H21BrFN. The van der Waals surface area contributed by atoms with E-state index in [1.807, 2.05) is 12.1 Å². The molecule has 0 saturated heterocycles.